The highest BCUT2D eigenvalue weighted by Crippen LogP contribution is 2.26. The van der Waals surface area contributed by atoms with Crippen LogP contribution in [-0.2, 0) is 27.7 Å². The monoisotopic (exact) mass is 440 g/mol. The van der Waals surface area contributed by atoms with Crippen molar-refractivity contribution in [2.45, 2.75) is 30.6 Å². The molecule has 0 aromatic heterocycles. The van der Waals surface area contributed by atoms with E-state index in [0.717, 1.165) is 30.4 Å². The van der Waals surface area contributed by atoms with E-state index in [-0.39, 0.29) is 5.91 Å². The molecule has 0 N–H and O–H groups in total. The van der Waals surface area contributed by atoms with Gasteiger partial charge in [0.2, 0.25) is 15.9 Å². The summed E-state index contributed by atoms with van der Waals surface area (Å²) in [7, 11) is -1.95. The Morgan fingerprint density at radius 2 is 1.68 bits per heavy atom. The summed E-state index contributed by atoms with van der Waals surface area (Å²) < 4.78 is 33.0. The third kappa shape index (κ3) is 4.67. The molecular weight excluding hydrogens is 412 g/mol. The number of aryl methyl sites for hydroxylation is 2. The van der Waals surface area contributed by atoms with Crippen molar-refractivity contribution in [2.24, 2.45) is 0 Å². The molecular formula is C24H28N2O4S. The lowest BCUT2D eigenvalue weighted by molar-refractivity contribution is -0.127. The Bertz CT molecular complexity index is 1090. The van der Waals surface area contributed by atoms with E-state index < -0.39 is 10.0 Å². The fourth-order valence-electron chi connectivity index (χ4n) is 4.24. The summed E-state index contributed by atoms with van der Waals surface area (Å²) >= 11 is 0. The minimum atomic E-state index is -3.55. The van der Waals surface area contributed by atoms with Gasteiger partial charge in [-0.1, -0.05) is 24.3 Å². The van der Waals surface area contributed by atoms with E-state index in [1.807, 2.05) is 36.4 Å². The maximum Gasteiger partial charge on any atom is 0.246 e. The topological polar surface area (TPSA) is 66.9 Å². The van der Waals surface area contributed by atoms with Gasteiger partial charge in [0.05, 0.1) is 12.0 Å². The SMILES string of the molecule is COc1ccccc1/C=C/C(=O)N1CCN(S(=O)(=O)c2ccc3c(c2)CCCC3)CC1. The summed E-state index contributed by atoms with van der Waals surface area (Å²) in [6, 6.07) is 13.0. The zero-order chi connectivity index (χ0) is 21.8. The number of rotatable bonds is 5. The van der Waals surface area contributed by atoms with E-state index in [1.54, 1.807) is 24.2 Å². The molecule has 0 radical (unpaired) electrons. The highest BCUT2D eigenvalue weighted by atomic mass is 32.2. The Balaban J connectivity index is 1.40. The molecule has 2 aromatic rings. The van der Waals surface area contributed by atoms with Crippen molar-refractivity contribution in [1.29, 1.82) is 0 Å². The van der Waals surface area contributed by atoms with Crippen LogP contribution in [0, 0.1) is 0 Å². The molecule has 0 unspecified atom stereocenters. The number of hydrogen-bond acceptors (Lipinski definition) is 4. The maximum absolute atomic E-state index is 13.1. The summed E-state index contributed by atoms with van der Waals surface area (Å²) in [5.74, 6) is 0.573. The Morgan fingerprint density at radius 3 is 2.42 bits per heavy atom. The van der Waals surface area contributed by atoms with Crippen LogP contribution in [0.2, 0.25) is 0 Å². The summed E-state index contributed by atoms with van der Waals surface area (Å²) in [6.07, 6.45) is 7.50. The largest absolute Gasteiger partial charge is 0.496 e. The molecule has 2 aliphatic rings. The number of sulfonamides is 1. The van der Waals surface area contributed by atoms with Crippen LogP contribution >= 0.6 is 0 Å². The number of carbonyl (C=O) groups excluding carboxylic acids is 1. The Labute approximate surface area is 184 Å². The number of ether oxygens (including phenoxy) is 1. The second kappa shape index (κ2) is 9.24. The van der Waals surface area contributed by atoms with Gasteiger partial charge in [-0.3, -0.25) is 4.79 Å². The van der Waals surface area contributed by atoms with E-state index in [9.17, 15) is 13.2 Å². The van der Waals surface area contributed by atoms with Crippen LogP contribution in [-0.4, -0.2) is 56.8 Å². The first-order valence-corrected chi connectivity index (χ1v) is 12.1. The van der Waals surface area contributed by atoms with Gasteiger partial charge in [-0.25, -0.2) is 8.42 Å². The summed E-state index contributed by atoms with van der Waals surface area (Å²) in [5.41, 5.74) is 3.25. The first-order valence-electron chi connectivity index (χ1n) is 10.7. The van der Waals surface area contributed by atoms with Gasteiger partial charge in [0.25, 0.3) is 0 Å². The predicted octanol–water partition coefficient (Wildman–Crippen LogP) is 3.12. The minimum Gasteiger partial charge on any atom is -0.496 e. The number of nitrogens with zero attached hydrogens (tertiary/aromatic N) is 2. The molecule has 164 valence electrons. The van der Waals surface area contributed by atoms with Crippen LogP contribution in [0.25, 0.3) is 6.08 Å². The average molecular weight is 441 g/mol. The van der Waals surface area contributed by atoms with Crippen molar-refractivity contribution in [2.75, 3.05) is 33.3 Å². The van der Waals surface area contributed by atoms with Gasteiger partial charge in [0.1, 0.15) is 5.75 Å². The summed E-state index contributed by atoms with van der Waals surface area (Å²) in [4.78, 5) is 14.6. The van der Waals surface area contributed by atoms with Crippen LogP contribution < -0.4 is 4.74 Å². The first kappa shape index (κ1) is 21.6. The van der Waals surface area contributed by atoms with Crippen LogP contribution in [0.15, 0.2) is 53.4 Å². The molecule has 31 heavy (non-hydrogen) atoms. The predicted molar refractivity (Wildman–Crippen MR) is 120 cm³/mol. The standard InChI is InChI=1S/C24H28N2O4S/c1-30-23-9-5-4-7-20(23)11-13-24(27)25-14-16-26(17-15-25)31(28,29)22-12-10-19-6-2-3-8-21(19)18-22/h4-5,7,9-13,18H,2-3,6,8,14-17H2,1H3/b13-11+. The van der Waals surface area contributed by atoms with Crippen molar-refractivity contribution < 1.29 is 17.9 Å². The van der Waals surface area contributed by atoms with Gasteiger partial charge in [0.15, 0.2) is 0 Å². The second-order valence-electron chi connectivity index (χ2n) is 7.94. The van der Waals surface area contributed by atoms with Gasteiger partial charge in [-0.2, -0.15) is 4.31 Å². The zero-order valence-electron chi connectivity index (χ0n) is 17.8. The molecule has 4 rings (SSSR count). The van der Waals surface area contributed by atoms with E-state index in [0.29, 0.717) is 36.8 Å². The van der Waals surface area contributed by atoms with Crippen LogP contribution in [0.3, 0.4) is 0 Å². The number of hydrogen-bond donors (Lipinski definition) is 0. The lowest BCUT2D eigenvalue weighted by atomic mass is 9.92. The van der Waals surface area contributed by atoms with Crippen molar-refractivity contribution in [3.8, 4) is 5.75 Å². The Kier molecular flexibility index (Phi) is 6.43. The molecule has 1 fully saturated rings. The number of benzene rings is 2. The quantitative estimate of drug-likeness (QED) is 0.670. The number of carbonyl (C=O) groups is 1. The van der Waals surface area contributed by atoms with Gasteiger partial charge < -0.3 is 9.64 Å². The number of amides is 1. The van der Waals surface area contributed by atoms with Gasteiger partial charge in [-0.15, -0.1) is 0 Å². The zero-order valence-corrected chi connectivity index (χ0v) is 18.6. The molecule has 1 saturated heterocycles. The normalized spacial score (nSPS) is 17.5. The third-order valence-electron chi connectivity index (χ3n) is 6.05. The molecule has 1 heterocycles. The lowest BCUT2D eigenvalue weighted by Crippen LogP contribution is -2.50. The van der Waals surface area contributed by atoms with E-state index >= 15 is 0 Å². The molecule has 6 nitrogen and oxygen atoms in total. The summed E-state index contributed by atoms with van der Waals surface area (Å²) in [5, 5.41) is 0. The smallest absolute Gasteiger partial charge is 0.246 e. The minimum absolute atomic E-state index is 0.128. The molecule has 1 aliphatic heterocycles. The number of methoxy groups -OCH3 is 1. The van der Waals surface area contributed by atoms with Crippen LogP contribution in [0.4, 0.5) is 0 Å². The Morgan fingerprint density at radius 1 is 0.968 bits per heavy atom. The van der Waals surface area contributed by atoms with Gasteiger partial charge in [0, 0.05) is 37.8 Å². The van der Waals surface area contributed by atoms with Crippen molar-refractivity contribution in [1.82, 2.24) is 9.21 Å². The number of piperazine rings is 1. The average Bonchev–Trinajstić information content (AvgIpc) is 2.82. The molecule has 1 amide bonds. The van der Waals surface area contributed by atoms with Crippen molar-refractivity contribution in [3.05, 3.63) is 65.2 Å². The molecule has 0 bridgehead atoms. The third-order valence-corrected chi connectivity index (χ3v) is 7.95. The van der Waals surface area contributed by atoms with E-state index in [4.69, 9.17) is 4.74 Å². The van der Waals surface area contributed by atoms with Crippen molar-refractivity contribution in [3.63, 3.8) is 0 Å². The molecule has 0 atom stereocenters. The number of fused-ring (bicyclic) bond motifs is 1. The second-order valence-corrected chi connectivity index (χ2v) is 9.88. The lowest BCUT2D eigenvalue weighted by Gasteiger charge is -2.33. The molecule has 0 spiro atoms. The Hall–Kier alpha value is -2.64. The fourth-order valence-corrected chi connectivity index (χ4v) is 5.71. The highest BCUT2D eigenvalue weighted by molar-refractivity contribution is 7.89. The number of para-hydroxylation sites is 1. The van der Waals surface area contributed by atoms with Gasteiger partial charge in [-0.05, 0) is 61.1 Å². The van der Waals surface area contributed by atoms with E-state index in [2.05, 4.69) is 0 Å². The van der Waals surface area contributed by atoms with Crippen LogP contribution in [0.5, 0.6) is 5.75 Å². The fraction of sp³-hybridized carbons (Fsp3) is 0.375. The van der Waals surface area contributed by atoms with Gasteiger partial charge >= 0.3 is 0 Å². The summed E-state index contributed by atoms with van der Waals surface area (Å²) in [6.45, 7) is 1.35. The molecule has 1 aliphatic carbocycles. The maximum atomic E-state index is 13.1. The van der Waals surface area contributed by atoms with Crippen LogP contribution in [0.1, 0.15) is 29.5 Å². The van der Waals surface area contributed by atoms with E-state index in [1.165, 1.54) is 22.4 Å². The first-order chi connectivity index (χ1) is 15.0. The molecule has 0 saturated carbocycles. The highest BCUT2D eigenvalue weighted by Gasteiger charge is 2.30. The van der Waals surface area contributed by atoms with Crippen molar-refractivity contribution >= 4 is 22.0 Å². The molecule has 7 heteroatoms. The molecule has 2 aromatic carbocycles.